The molecule has 12 heavy (non-hydrogen) atoms. The van der Waals surface area contributed by atoms with Crippen LogP contribution >= 0.6 is 0 Å². The van der Waals surface area contributed by atoms with E-state index in [1.54, 1.807) is 25.0 Å². The Morgan fingerprint density at radius 3 is 2.92 bits per heavy atom. The van der Waals surface area contributed by atoms with Gasteiger partial charge in [0, 0.05) is 20.3 Å². The fourth-order valence-corrected chi connectivity index (χ4v) is 1.11. The smallest absolute Gasteiger partial charge is 0.264 e. The molecule has 62 valence electrons. The summed E-state index contributed by atoms with van der Waals surface area (Å²) in [5.74, 6) is 0. The fourth-order valence-electron chi connectivity index (χ4n) is 1.11. The normalized spacial score (nSPS) is 10.8. The Morgan fingerprint density at radius 1 is 1.42 bits per heavy atom. The summed E-state index contributed by atoms with van der Waals surface area (Å²) in [6.07, 6.45) is 3.14. The highest BCUT2D eigenvalue weighted by Gasteiger charge is 2.03. The molecule has 2 rings (SSSR count). The van der Waals surface area contributed by atoms with E-state index in [-0.39, 0.29) is 5.56 Å². The van der Waals surface area contributed by atoms with E-state index in [9.17, 15) is 4.79 Å². The van der Waals surface area contributed by atoms with Gasteiger partial charge in [-0.15, -0.1) is 0 Å². The van der Waals surface area contributed by atoms with Crippen molar-refractivity contribution in [1.29, 1.82) is 0 Å². The lowest BCUT2D eigenvalue weighted by Gasteiger charge is -1.91. The molecule has 2 aromatic heterocycles. The number of aryl methyl sites for hydroxylation is 2. The second-order valence-electron chi connectivity index (χ2n) is 2.70. The van der Waals surface area contributed by atoms with E-state index in [1.165, 1.54) is 10.9 Å². The van der Waals surface area contributed by atoms with E-state index < -0.39 is 0 Å². The molecule has 0 aliphatic heterocycles. The van der Waals surface area contributed by atoms with E-state index in [0.717, 1.165) is 0 Å². The zero-order chi connectivity index (χ0) is 8.72. The van der Waals surface area contributed by atoms with Crippen LogP contribution in [0.5, 0.6) is 0 Å². The molecule has 0 radical (unpaired) electrons. The van der Waals surface area contributed by atoms with Gasteiger partial charge in [0.2, 0.25) is 0 Å². The van der Waals surface area contributed by atoms with Crippen molar-refractivity contribution < 1.29 is 0 Å². The van der Waals surface area contributed by atoms with Crippen LogP contribution in [-0.2, 0) is 14.1 Å². The van der Waals surface area contributed by atoms with Crippen LogP contribution in [0.2, 0.25) is 0 Å². The van der Waals surface area contributed by atoms with Crippen molar-refractivity contribution in [1.82, 2.24) is 19.3 Å². The Hall–Kier alpha value is -1.65. The number of aromatic nitrogens is 4. The molecule has 0 saturated heterocycles. The summed E-state index contributed by atoms with van der Waals surface area (Å²) in [5.41, 5.74) is 0.439. The van der Waals surface area contributed by atoms with Crippen LogP contribution < -0.4 is 5.56 Å². The zero-order valence-electron chi connectivity index (χ0n) is 6.85. The van der Waals surface area contributed by atoms with Crippen molar-refractivity contribution >= 4 is 11.0 Å². The van der Waals surface area contributed by atoms with Crippen molar-refractivity contribution in [3.63, 3.8) is 0 Å². The predicted molar refractivity (Wildman–Crippen MR) is 43.8 cm³/mol. The molecule has 0 N–H and O–H groups in total. The Morgan fingerprint density at radius 2 is 2.17 bits per heavy atom. The van der Waals surface area contributed by atoms with Crippen LogP contribution in [0, 0.1) is 0 Å². The quantitative estimate of drug-likeness (QED) is 0.535. The zero-order valence-corrected chi connectivity index (χ0v) is 6.85. The standard InChI is InChI=1S/C7H8N4O/c1-10-4-8-6-5(7(10)12)3-11(2)9-6/h3-4H,1-2H3. The molecule has 2 aromatic rings. The number of nitrogens with zero attached hydrogens (tertiary/aromatic N) is 4. The summed E-state index contributed by atoms with van der Waals surface area (Å²) in [6, 6.07) is 0. The molecule has 0 unspecified atom stereocenters. The van der Waals surface area contributed by atoms with Gasteiger partial charge in [-0.1, -0.05) is 0 Å². The van der Waals surface area contributed by atoms with Crippen LogP contribution in [0.1, 0.15) is 0 Å². The summed E-state index contributed by atoms with van der Waals surface area (Å²) >= 11 is 0. The molecule has 0 bridgehead atoms. The van der Waals surface area contributed by atoms with Crippen molar-refractivity contribution in [3.05, 3.63) is 22.9 Å². The average molecular weight is 164 g/mol. The lowest BCUT2D eigenvalue weighted by atomic mass is 10.4. The van der Waals surface area contributed by atoms with E-state index in [1.807, 2.05) is 0 Å². The summed E-state index contributed by atoms with van der Waals surface area (Å²) < 4.78 is 3.02. The lowest BCUT2D eigenvalue weighted by molar-refractivity contribution is 0.774. The SMILES string of the molecule is Cn1cc2c(=O)n(C)cnc2n1. The minimum absolute atomic E-state index is 0.0619. The van der Waals surface area contributed by atoms with Crippen molar-refractivity contribution in [3.8, 4) is 0 Å². The monoisotopic (exact) mass is 164 g/mol. The molecule has 0 saturated carbocycles. The molecular formula is C7H8N4O. The van der Waals surface area contributed by atoms with Gasteiger partial charge in [-0.3, -0.25) is 9.48 Å². The number of hydrogen-bond donors (Lipinski definition) is 0. The number of fused-ring (bicyclic) bond motifs is 1. The molecule has 0 aliphatic rings. The van der Waals surface area contributed by atoms with Crippen molar-refractivity contribution in [2.45, 2.75) is 0 Å². The summed E-state index contributed by atoms with van der Waals surface area (Å²) in [7, 11) is 3.43. The summed E-state index contributed by atoms with van der Waals surface area (Å²) in [6.45, 7) is 0. The molecule has 0 amide bonds. The van der Waals surface area contributed by atoms with Gasteiger partial charge < -0.3 is 4.57 Å². The fraction of sp³-hybridized carbons (Fsp3) is 0.286. The van der Waals surface area contributed by atoms with Gasteiger partial charge in [0.05, 0.1) is 6.33 Å². The van der Waals surface area contributed by atoms with Crippen molar-refractivity contribution in [2.75, 3.05) is 0 Å². The topological polar surface area (TPSA) is 52.7 Å². The Balaban J connectivity index is 2.99. The average Bonchev–Trinajstić information content (AvgIpc) is 2.39. The molecule has 5 heteroatoms. The maximum Gasteiger partial charge on any atom is 0.264 e. The third kappa shape index (κ3) is 0.827. The van der Waals surface area contributed by atoms with Crippen LogP contribution in [0.3, 0.4) is 0 Å². The van der Waals surface area contributed by atoms with Gasteiger partial charge in [0.25, 0.3) is 5.56 Å². The highest BCUT2D eigenvalue weighted by atomic mass is 16.1. The third-order valence-electron chi connectivity index (χ3n) is 1.71. The van der Waals surface area contributed by atoms with Gasteiger partial charge in [-0.05, 0) is 0 Å². The second-order valence-corrected chi connectivity index (χ2v) is 2.70. The molecule has 2 heterocycles. The highest BCUT2D eigenvalue weighted by Crippen LogP contribution is 2.00. The summed E-state index contributed by atoms with van der Waals surface area (Å²) in [4.78, 5) is 15.4. The Kier molecular flexibility index (Phi) is 1.27. The first-order valence-corrected chi connectivity index (χ1v) is 3.53. The first-order chi connectivity index (χ1) is 5.68. The van der Waals surface area contributed by atoms with E-state index in [2.05, 4.69) is 10.1 Å². The van der Waals surface area contributed by atoms with Gasteiger partial charge >= 0.3 is 0 Å². The van der Waals surface area contributed by atoms with Gasteiger partial charge in [-0.25, -0.2) is 4.98 Å². The molecule has 0 fully saturated rings. The first kappa shape index (κ1) is 7.02. The van der Waals surface area contributed by atoms with E-state index in [0.29, 0.717) is 11.0 Å². The van der Waals surface area contributed by atoms with Crippen LogP contribution in [0.4, 0.5) is 0 Å². The number of rotatable bonds is 0. The van der Waals surface area contributed by atoms with Crippen LogP contribution in [-0.4, -0.2) is 19.3 Å². The Bertz CT molecular complexity index is 482. The minimum Gasteiger partial charge on any atom is -0.302 e. The number of hydrogen-bond acceptors (Lipinski definition) is 3. The molecule has 5 nitrogen and oxygen atoms in total. The molecule has 0 aromatic carbocycles. The first-order valence-electron chi connectivity index (χ1n) is 3.53. The van der Waals surface area contributed by atoms with E-state index >= 15 is 0 Å². The van der Waals surface area contributed by atoms with Crippen LogP contribution in [0.15, 0.2) is 17.3 Å². The molecule has 0 spiro atoms. The van der Waals surface area contributed by atoms with E-state index in [4.69, 9.17) is 0 Å². The van der Waals surface area contributed by atoms with Gasteiger partial charge in [0.1, 0.15) is 5.39 Å². The van der Waals surface area contributed by atoms with Crippen LogP contribution in [0.25, 0.3) is 11.0 Å². The molecule has 0 aliphatic carbocycles. The lowest BCUT2D eigenvalue weighted by Crippen LogP contribution is -2.15. The van der Waals surface area contributed by atoms with Gasteiger partial charge in [0.15, 0.2) is 5.65 Å². The Labute approximate surface area is 68.3 Å². The highest BCUT2D eigenvalue weighted by molar-refractivity contribution is 5.72. The largest absolute Gasteiger partial charge is 0.302 e. The molecule has 0 atom stereocenters. The van der Waals surface area contributed by atoms with Crippen molar-refractivity contribution in [2.24, 2.45) is 14.1 Å². The minimum atomic E-state index is -0.0619. The maximum absolute atomic E-state index is 11.4. The maximum atomic E-state index is 11.4. The third-order valence-corrected chi connectivity index (χ3v) is 1.71. The molecular weight excluding hydrogens is 156 g/mol. The van der Waals surface area contributed by atoms with Gasteiger partial charge in [-0.2, -0.15) is 5.10 Å². The second kappa shape index (κ2) is 2.17. The predicted octanol–water partition coefficient (Wildman–Crippen LogP) is -0.333. The summed E-state index contributed by atoms with van der Waals surface area (Å²) in [5, 5.41) is 4.57.